The minimum Gasteiger partial charge on any atom is -0.355 e. The van der Waals surface area contributed by atoms with Crippen molar-refractivity contribution in [2.24, 2.45) is 5.92 Å². The molecule has 1 fully saturated rings. The van der Waals surface area contributed by atoms with Gasteiger partial charge in [0.1, 0.15) is 5.82 Å². The van der Waals surface area contributed by atoms with Gasteiger partial charge >= 0.3 is 0 Å². The van der Waals surface area contributed by atoms with E-state index < -0.39 is 5.92 Å². The first-order valence-corrected chi connectivity index (χ1v) is 9.13. The van der Waals surface area contributed by atoms with Crippen LogP contribution in [-0.2, 0) is 20.8 Å². The molecule has 28 heavy (non-hydrogen) atoms. The number of rotatable bonds is 6. The summed E-state index contributed by atoms with van der Waals surface area (Å²) in [6.45, 7) is 2.03. The summed E-state index contributed by atoms with van der Waals surface area (Å²) in [6, 6.07) is 13.4. The van der Waals surface area contributed by atoms with Crippen LogP contribution in [0.15, 0.2) is 48.5 Å². The van der Waals surface area contributed by atoms with Crippen molar-refractivity contribution in [3.8, 4) is 0 Å². The molecule has 1 aliphatic heterocycles. The number of anilines is 2. The number of halogens is 1. The predicted molar refractivity (Wildman–Crippen MR) is 104 cm³/mol. The van der Waals surface area contributed by atoms with Crippen molar-refractivity contribution in [2.45, 2.75) is 19.8 Å². The second-order valence-electron chi connectivity index (χ2n) is 6.77. The average Bonchev–Trinajstić information content (AvgIpc) is 3.05. The highest BCUT2D eigenvalue weighted by Gasteiger charge is 2.34. The van der Waals surface area contributed by atoms with Crippen molar-refractivity contribution >= 4 is 29.1 Å². The summed E-state index contributed by atoms with van der Waals surface area (Å²) in [6.07, 6.45) is 0.534. The fourth-order valence-corrected chi connectivity index (χ4v) is 3.23. The van der Waals surface area contributed by atoms with E-state index in [0.717, 1.165) is 0 Å². The smallest absolute Gasteiger partial charge is 0.227 e. The van der Waals surface area contributed by atoms with E-state index in [-0.39, 0.29) is 30.0 Å². The van der Waals surface area contributed by atoms with Gasteiger partial charge < -0.3 is 15.5 Å². The molecule has 0 radical (unpaired) electrons. The van der Waals surface area contributed by atoms with Crippen LogP contribution in [0.5, 0.6) is 0 Å². The lowest BCUT2D eigenvalue weighted by Crippen LogP contribution is -2.34. The van der Waals surface area contributed by atoms with Crippen molar-refractivity contribution in [3.05, 3.63) is 59.9 Å². The Morgan fingerprint density at radius 1 is 1.14 bits per heavy atom. The van der Waals surface area contributed by atoms with E-state index in [0.29, 0.717) is 36.4 Å². The van der Waals surface area contributed by atoms with Gasteiger partial charge in [0.25, 0.3) is 0 Å². The van der Waals surface area contributed by atoms with E-state index in [2.05, 4.69) is 10.6 Å². The van der Waals surface area contributed by atoms with Gasteiger partial charge in [-0.15, -0.1) is 0 Å². The minimum absolute atomic E-state index is 0.124. The van der Waals surface area contributed by atoms with E-state index >= 15 is 0 Å². The molecule has 2 N–H and O–H groups in total. The Labute approximate surface area is 162 Å². The number of carbonyl (C=O) groups excluding carboxylic acids is 3. The zero-order chi connectivity index (χ0) is 20.1. The highest BCUT2D eigenvalue weighted by atomic mass is 19.1. The molecule has 1 atom stereocenters. The third kappa shape index (κ3) is 4.73. The quantitative estimate of drug-likeness (QED) is 0.805. The van der Waals surface area contributed by atoms with Crippen molar-refractivity contribution in [1.82, 2.24) is 5.32 Å². The van der Waals surface area contributed by atoms with Gasteiger partial charge in [-0.2, -0.15) is 0 Å². The molecule has 3 amide bonds. The molecule has 0 spiro atoms. The van der Waals surface area contributed by atoms with Crippen LogP contribution in [-0.4, -0.2) is 30.8 Å². The molecule has 1 aliphatic rings. The molecular weight excluding hydrogens is 361 g/mol. The predicted octanol–water partition coefficient (Wildman–Crippen LogP) is 2.50. The van der Waals surface area contributed by atoms with Gasteiger partial charge in [-0.3, -0.25) is 14.4 Å². The number of hydrogen-bond acceptors (Lipinski definition) is 3. The molecular formula is C21H22FN3O3. The van der Waals surface area contributed by atoms with E-state index in [1.165, 1.54) is 13.0 Å². The number of nitrogens with one attached hydrogen (secondary N) is 2. The largest absolute Gasteiger partial charge is 0.355 e. The first-order chi connectivity index (χ1) is 13.4. The first-order valence-electron chi connectivity index (χ1n) is 9.13. The van der Waals surface area contributed by atoms with Gasteiger partial charge in [0.15, 0.2) is 0 Å². The van der Waals surface area contributed by atoms with Crippen LogP contribution >= 0.6 is 0 Å². The lowest BCUT2D eigenvalue weighted by Gasteiger charge is -2.17. The summed E-state index contributed by atoms with van der Waals surface area (Å²) < 4.78 is 13.6. The first kappa shape index (κ1) is 19.5. The van der Waals surface area contributed by atoms with Gasteiger partial charge in [-0.25, -0.2) is 4.39 Å². The van der Waals surface area contributed by atoms with Gasteiger partial charge in [-0.05, 0) is 42.3 Å². The summed E-state index contributed by atoms with van der Waals surface area (Å²) in [4.78, 5) is 37.4. The Kier molecular flexibility index (Phi) is 6.03. The Bertz CT molecular complexity index is 883. The van der Waals surface area contributed by atoms with Crippen LogP contribution < -0.4 is 15.5 Å². The molecule has 7 heteroatoms. The molecule has 0 saturated carbocycles. The molecule has 3 rings (SSSR count). The van der Waals surface area contributed by atoms with Crippen molar-refractivity contribution in [2.75, 3.05) is 23.3 Å². The topological polar surface area (TPSA) is 78.5 Å². The molecule has 0 aromatic heterocycles. The molecule has 0 aliphatic carbocycles. The van der Waals surface area contributed by atoms with E-state index in [9.17, 15) is 18.8 Å². The monoisotopic (exact) mass is 383 g/mol. The lowest BCUT2D eigenvalue weighted by molar-refractivity contribution is -0.126. The molecule has 0 bridgehead atoms. The van der Waals surface area contributed by atoms with Gasteiger partial charge in [0.2, 0.25) is 17.7 Å². The van der Waals surface area contributed by atoms with Crippen LogP contribution in [0.4, 0.5) is 15.8 Å². The Morgan fingerprint density at radius 3 is 2.54 bits per heavy atom. The summed E-state index contributed by atoms with van der Waals surface area (Å²) >= 11 is 0. The maximum atomic E-state index is 13.6. The van der Waals surface area contributed by atoms with Crippen LogP contribution in [0.2, 0.25) is 0 Å². The highest BCUT2D eigenvalue weighted by molar-refractivity contribution is 6.00. The summed E-state index contributed by atoms with van der Waals surface area (Å²) in [7, 11) is 0. The van der Waals surface area contributed by atoms with E-state index in [4.69, 9.17) is 0 Å². The number of hydrogen-bond donors (Lipinski definition) is 2. The number of nitrogens with zero attached hydrogens (tertiary/aromatic N) is 1. The Hall–Kier alpha value is -3.22. The normalized spacial score (nSPS) is 16.1. The zero-order valence-electron chi connectivity index (χ0n) is 15.6. The Balaban J connectivity index is 1.54. The maximum absolute atomic E-state index is 13.6. The average molecular weight is 383 g/mol. The number of benzene rings is 2. The van der Waals surface area contributed by atoms with Crippen LogP contribution in [0, 0.1) is 11.7 Å². The van der Waals surface area contributed by atoms with Crippen LogP contribution in [0.3, 0.4) is 0 Å². The fraction of sp³-hybridized carbons (Fsp3) is 0.286. The van der Waals surface area contributed by atoms with E-state index in [1.807, 2.05) is 0 Å². The summed E-state index contributed by atoms with van der Waals surface area (Å²) in [5.74, 6) is -1.23. The molecule has 146 valence electrons. The van der Waals surface area contributed by atoms with Gasteiger partial charge in [-0.1, -0.05) is 18.2 Å². The third-order valence-electron chi connectivity index (χ3n) is 4.65. The number of amides is 3. The van der Waals surface area contributed by atoms with Crippen LogP contribution in [0.1, 0.15) is 18.9 Å². The van der Waals surface area contributed by atoms with Crippen molar-refractivity contribution in [3.63, 3.8) is 0 Å². The molecule has 2 aromatic carbocycles. The van der Waals surface area contributed by atoms with Gasteiger partial charge in [0, 0.05) is 37.8 Å². The molecule has 1 unspecified atom stereocenters. The molecule has 1 saturated heterocycles. The SMILES string of the molecule is CC(=O)Nc1ccc(N2CC(C(=O)NCCc3ccccc3F)CC2=O)cc1. The minimum atomic E-state index is -0.442. The van der Waals surface area contributed by atoms with Crippen LogP contribution in [0.25, 0.3) is 0 Å². The highest BCUT2D eigenvalue weighted by Crippen LogP contribution is 2.26. The zero-order valence-corrected chi connectivity index (χ0v) is 15.6. The summed E-state index contributed by atoms with van der Waals surface area (Å²) in [5, 5.41) is 5.46. The molecule has 6 nitrogen and oxygen atoms in total. The van der Waals surface area contributed by atoms with Crippen molar-refractivity contribution < 1.29 is 18.8 Å². The lowest BCUT2D eigenvalue weighted by atomic mass is 10.1. The molecule has 1 heterocycles. The van der Waals surface area contributed by atoms with Gasteiger partial charge in [0.05, 0.1) is 5.92 Å². The standard InChI is InChI=1S/C21H22FN3O3/c1-14(26)24-17-6-8-18(9-7-17)25-13-16(12-20(25)27)21(28)23-11-10-15-4-2-3-5-19(15)22/h2-9,16H,10-13H2,1H3,(H,23,28)(H,24,26). The third-order valence-corrected chi connectivity index (χ3v) is 4.65. The van der Waals surface area contributed by atoms with E-state index in [1.54, 1.807) is 47.4 Å². The summed E-state index contributed by atoms with van der Waals surface area (Å²) in [5.41, 5.74) is 1.87. The second kappa shape index (κ2) is 8.65. The van der Waals surface area contributed by atoms with Crippen molar-refractivity contribution in [1.29, 1.82) is 0 Å². The fourth-order valence-electron chi connectivity index (χ4n) is 3.23. The Morgan fingerprint density at radius 2 is 1.86 bits per heavy atom. The molecule has 2 aromatic rings. The number of carbonyl (C=O) groups is 3. The second-order valence-corrected chi connectivity index (χ2v) is 6.77. The maximum Gasteiger partial charge on any atom is 0.227 e.